The smallest absolute Gasteiger partial charge is 0.228 e. The van der Waals surface area contributed by atoms with Crippen molar-refractivity contribution >= 4 is 28.8 Å². The monoisotopic (exact) mass is 267 g/mol. The molecule has 0 rings (SSSR count). The lowest BCUT2D eigenvalue weighted by Gasteiger charge is -2.17. The quantitative estimate of drug-likeness (QED) is 0.427. The number of rotatable bonds is 5. The maximum atomic E-state index is 12.6. The largest absolute Gasteiger partial charge is 0.417 e. The van der Waals surface area contributed by atoms with E-state index in [1.165, 1.54) is 0 Å². The van der Waals surface area contributed by atoms with Crippen molar-refractivity contribution in [2.24, 2.45) is 10.3 Å². The first kappa shape index (κ1) is 14.8. The molecule has 2 nitrogen and oxygen atoms in total. The molecule has 0 aromatic carbocycles. The Morgan fingerprint density at radius 2 is 1.87 bits per heavy atom. The number of halogens is 5. The van der Waals surface area contributed by atoms with Gasteiger partial charge in [-0.3, -0.25) is 0 Å². The second-order valence-electron chi connectivity index (χ2n) is 3.18. The second kappa shape index (κ2) is 5.25. The van der Waals surface area contributed by atoms with Crippen molar-refractivity contribution in [3.05, 3.63) is 0 Å². The third-order valence-corrected chi connectivity index (χ3v) is 2.68. The molecule has 0 heterocycles. The first-order valence-corrected chi connectivity index (χ1v) is 5.46. The molecule has 0 saturated carbocycles. The molecule has 8 heteroatoms. The molecule has 0 aromatic heterocycles. The van der Waals surface area contributed by atoms with E-state index in [0.717, 1.165) is 6.21 Å². The van der Waals surface area contributed by atoms with Gasteiger partial charge in [-0.15, -0.1) is 0 Å². The normalized spacial score (nSPS) is 16.3. The summed E-state index contributed by atoms with van der Waals surface area (Å²) in [5.41, 5.74) is 0. The second-order valence-corrected chi connectivity index (χ2v) is 4.88. The van der Waals surface area contributed by atoms with Crippen molar-refractivity contribution in [2.75, 3.05) is 0 Å². The Hall–Kier alpha value is -0.170. The van der Waals surface area contributed by atoms with Crippen LogP contribution in [-0.4, -0.2) is 21.1 Å². The fourth-order valence-electron chi connectivity index (χ4n) is 0.487. The molecule has 0 aliphatic rings. The highest BCUT2D eigenvalue weighted by atomic mass is 35.5. The van der Waals surface area contributed by atoms with E-state index in [0.29, 0.717) is 0 Å². The summed E-state index contributed by atoms with van der Waals surface area (Å²) < 4.78 is 62.8. The highest BCUT2D eigenvalue weighted by Gasteiger charge is 2.60. The molecule has 0 bridgehead atoms. The van der Waals surface area contributed by atoms with Gasteiger partial charge in [-0.05, 0) is 23.9 Å². The van der Waals surface area contributed by atoms with Crippen LogP contribution in [0.1, 0.15) is 20.3 Å². The molecule has 0 spiro atoms. The van der Waals surface area contributed by atoms with Crippen LogP contribution in [0, 0.1) is 5.92 Å². The Morgan fingerprint density at radius 3 is 2.20 bits per heavy atom. The van der Waals surface area contributed by atoms with E-state index in [1.54, 1.807) is 13.8 Å². The summed E-state index contributed by atoms with van der Waals surface area (Å²) in [7, 11) is -3.36. The zero-order valence-electron chi connectivity index (χ0n) is 8.02. The molecule has 0 aliphatic heterocycles. The third kappa shape index (κ3) is 4.46. The van der Waals surface area contributed by atoms with Gasteiger partial charge < -0.3 is 0 Å². The van der Waals surface area contributed by atoms with E-state index in [4.69, 9.17) is 0 Å². The van der Waals surface area contributed by atoms with Crippen molar-refractivity contribution in [2.45, 2.75) is 30.9 Å². The Kier molecular flexibility index (Phi) is 5.19. The molecule has 15 heavy (non-hydrogen) atoms. The molecule has 0 fully saturated rings. The predicted molar refractivity (Wildman–Crippen MR) is 51.8 cm³/mol. The average molecular weight is 268 g/mol. The van der Waals surface area contributed by atoms with Crippen LogP contribution >= 0.6 is 11.6 Å². The Labute approximate surface area is 92.3 Å². The number of hydrogen-bond acceptors (Lipinski definition) is 1. The zero-order chi connectivity index (χ0) is 12.3. The first-order valence-electron chi connectivity index (χ1n) is 3.98. The number of nitrogens with zero attached hydrogens (tertiary/aromatic N) is 1. The van der Waals surface area contributed by atoms with E-state index in [9.17, 15) is 21.8 Å². The molecule has 0 amide bonds. The Morgan fingerprint density at radius 1 is 1.40 bits per heavy atom. The Balaban J connectivity index is 4.52. The van der Waals surface area contributed by atoms with E-state index in [2.05, 4.69) is 16.0 Å². The number of alkyl halides is 5. The first-order chi connectivity index (χ1) is 6.59. The van der Waals surface area contributed by atoms with Crippen molar-refractivity contribution < 1.29 is 21.8 Å². The van der Waals surface area contributed by atoms with Crippen LogP contribution in [0.4, 0.5) is 17.6 Å². The van der Waals surface area contributed by atoms with Gasteiger partial charge in [-0.25, -0.2) is 4.21 Å². The molecule has 0 aromatic rings. The number of hydrogen-bond donors (Lipinski definition) is 0. The minimum absolute atomic E-state index is 0.107. The van der Waals surface area contributed by atoms with Crippen LogP contribution < -0.4 is 0 Å². The van der Waals surface area contributed by atoms with Gasteiger partial charge >= 0.3 is 10.6 Å². The topological polar surface area (TPSA) is 29.4 Å². The summed E-state index contributed by atoms with van der Waals surface area (Å²) in [6.45, 7) is 3.53. The van der Waals surface area contributed by atoms with Crippen molar-refractivity contribution in [1.29, 1.82) is 0 Å². The summed E-state index contributed by atoms with van der Waals surface area (Å²) in [6, 6.07) is 0. The summed E-state index contributed by atoms with van der Waals surface area (Å²) in [4.78, 5) is 0. The van der Waals surface area contributed by atoms with Crippen molar-refractivity contribution in [3.8, 4) is 0 Å². The van der Waals surface area contributed by atoms with Crippen LogP contribution in [0.2, 0.25) is 0 Å². The summed E-state index contributed by atoms with van der Waals surface area (Å²) >= 11 is 4.11. The zero-order valence-corrected chi connectivity index (χ0v) is 9.59. The van der Waals surface area contributed by atoms with Gasteiger partial charge in [-0.2, -0.15) is 22.0 Å². The fourth-order valence-corrected chi connectivity index (χ4v) is 1.24. The summed E-state index contributed by atoms with van der Waals surface area (Å²) in [5, 5.41) is -9.73. The molecular formula is C7H10ClF4NOS. The SMILES string of the molecule is CC(C)C/C=N/S(=O)C(F)(F)C(F)(F)Cl. The van der Waals surface area contributed by atoms with Crippen LogP contribution in [-0.2, 0) is 11.0 Å². The maximum Gasteiger partial charge on any atom is 0.417 e. The van der Waals surface area contributed by atoms with Crippen LogP contribution in [0.25, 0.3) is 0 Å². The molecule has 0 aliphatic carbocycles. The van der Waals surface area contributed by atoms with Gasteiger partial charge in [0.1, 0.15) is 0 Å². The summed E-state index contributed by atoms with van der Waals surface area (Å²) in [6.07, 6.45) is 1.20. The average Bonchev–Trinajstić information content (AvgIpc) is 2.01. The van der Waals surface area contributed by atoms with Gasteiger partial charge in [0.15, 0.2) is 0 Å². The maximum absolute atomic E-state index is 12.6. The molecular weight excluding hydrogens is 258 g/mol. The van der Waals surface area contributed by atoms with Crippen LogP contribution in [0.3, 0.4) is 0 Å². The lowest BCUT2D eigenvalue weighted by molar-refractivity contribution is -0.0932. The minimum atomic E-state index is -4.87. The van der Waals surface area contributed by atoms with E-state index in [1.807, 2.05) is 0 Å². The van der Waals surface area contributed by atoms with E-state index in [-0.39, 0.29) is 12.3 Å². The van der Waals surface area contributed by atoms with Gasteiger partial charge in [-0.1, -0.05) is 13.8 Å². The van der Waals surface area contributed by atoms with Gasteiger partial charge in [0.2, 0.25) is 11.0 Å². The van der Waals surface area contributed by atoms with Crippen molar-refractivity contribution in [3.63, 3.8) is 0 Å². The minimum Gasteiger partial charge on any atom is -0.228 e. The standard InChI is InChI=1S/C7H10ClF4NOS/c1-5(2)3-4-13-15(14)7(11,12)6(8,9)10/h4-5H,3H2,1-2H3/b13-4+. The molecule has 90 valence electrons. The van der Waals surface area contributed by atoms with E-state index < -0.39 is 21.6 Å². The third-order valence-electron chi connectivity index (χ3n) is 1.30. The van der Waals surface area contributed by atoms with Crippen LogP contribution in [0.5, 0.6) is 0 Å². The predicted octanol–water partition coefficient (Wildman–Crippen LogP) is 3.19. The molecule has 0 saturated heterocycles. The van der Waals surface area contributed by atoms with Crippen LogP contribution in [0.15, 0.2) is 4.40 Å². The molecule has 0 N–H and O–H groups in total. The fraction of sp³-hybridized carbons (Fsp3) is 0.857. The molecule has 0 radical (unpaired) electrons. The van der Waals surface area contributed by atoms with Gasteiger partial charge in [0.05, 0.1) is 0 Å². The Bertz CT molecular complexity index is 264. The van der Waals surface area contributed by atoms with Crippen molar-refractivity contribution in [1.82, 2.24) is 0 Å². The summed E-state index contributed by atoms with van der Waals surface area (Å²) in [5.74, 6) is 0.107. The highest BCUT2D eigenvalue weighted by Crippen LogP contribution is 2.40. The van der Waals surface area contributed by atoms with Gasteiger partial charge in [0, 0.05) is 6.21 Å². The molecule has 1 atom stereocenters. The molecule has 1 unspecified atom stereocenters. The highest BCUT2D eigenvalue weighted by molar-refractivity contribution is 7.85. The lowest BCUT2D eigenvalue weighted by atomic mass is 10.2. The van der Waals surface area contributed by atoms with Gasteiger partial charge in [0.25, 0.3) is 0 Å². The van der Waals surface area contributed by atoms with E-state index >= 15 is 0 Å². The lowest BCUT2D eigenvalue weighted by Crippen LogP contribution is -2.38.